The van der Waals surface area contributed by atoms with Crippen molar-refractivity contribution in [1.82, 2.24) is 0 Å². The highest BCUT2D eigenvalue weighted by molar-refractivity contribution is 7.38. The first kappa shape index (κ1) is 12.1. The lowest BCUT2D eigenvalue weighted by Crippen LogP contribution is -2.04. The van der Waals surface area contributed by atoms with Gasteiger partial charge in [0, 0.05) is 0 Å². The van der Waals surface area contributed by atoms with Gasteiger partial charge in [0.2, 0.25) is 0 Å². The van der Waals surface area contributed by atoms with E-state index in [0.717, 1.165) is 14.2 Å². The molecule has 0 aliphatic heterocycles. The van der Waals surface area contributed by atoms with E-state index in [2.05, 4.69) is 30.3 Å². The van der Waals surface area contributed by atoms with Crippen LogP contribution in [0.3, 0.4) is 0 Å². The van der Waals surface area contributed by atoms with Gasteiger partial charge in [0.25, 0.3) is 0 Å². The fourth-order valence-electron chi connectivity index (χ4n) is 2.52. The van der Waals surface area contributed by atoms with Crippen LogP contribution in [0.5, 0.6) is 0 Å². The summed E-state index contributed by atoms with van der Waals surface area (Å²) in [5, 5.41) is 0. The monoisotopic (exact) mass is 234 g/mol. The molecule has 1 aromatic carbocycles. The Hall–Kier alpha value is -0.350. The largest absolute Gasteiger partial charge is 0.114 e. The topological polar surface area (TPSA) is 0 Å². The van der Waals surface area contributed by atoms with Gasteiger partial charge < -0.3 is 0 Å². The molecule has 88 valence electrons. The van der Waals surface area contributed by atoms with Gasteiger partial charge in [0.15, 0.2) is 0 Å². The third-order valence-electron chi connectivity index (χ3n) is 3.54. The van der Waals surface area contributed by atoms with Crippen LogP contribution in [-0.4, -0.2) is 5.66 Å². The molecule has 1 aliphatic carbocycles. The lowest BCUT2D eigenvalue weighted by atomic mass is 10.0. The van der Waals surface area contributed by atoms with Gasteiger partial charge >= 0.3 is 0 Å². The summed E-state index contributed by atoms with van der Waals surface area (Å²) in [4.78, 5) is 0. The molecule has 1 atom stereocenters. The normalized spacial score (nSPS) is 19.8. The van der Waals surface area contributed by atoms with Crippen LogP contribution in [0, 0.1) is 0 Å². The SMILES string of the molecule is c1ccc(CPC2CCCCCCC2)cc1. The van der Waals surface area contributed by atoms with Crippen molar-refractivity contribution >= 4 is 8.58 Å². The van der Waals surface area contributed by atoms with Crippen LogP contribution in [0.2, 0.25) is 0 Å². The van der Waals surface area contributed by atoms with Gasteiger partial charge in [-0.15, -0.1) is 8.58 Å². The second kappa shape index (κ2) is 7.07. The van der Waals surface area contributed by atoms with Crippen molar-refractivity contribution in [1.29, 1.82) is 0 Å². The van der Waals surface area contributed by atoms with Crippen LogP contribution >= 0.6 is 8.58 Å². The summed E-state index contributed by atoms with van der Waals surface area (Å²) >= 11 is 0. The summed E-state index contributed by atoms with van der Waals surface area (Å²) in [6.07, 6.45) is 11.7. The molecule has 0 radical (unpaired) electrons. The average Bonchev–Trinajstić information content (AvgIpc) is 2.29. The first-order valence-corrected chi connectivity index (χ1v) is 8.01. The maximum atomic E-state index is 2.27. The highest BCUT2D eigenvalue weighted by atomic mass is 31.1. The Labute approximate surface area is 102 Å². The molecule has 0 heterocycles. The van der Waals surface area contributed by atoms with Gasteiger partial charge in [-0.25, -0.2) is 0 Å². The zero-order valence-electron chi connectivity index (χ0n) is 10.1. The Balaban J connectivity index is 1.75. The maximum absolute atomic E-state index is 2.27. The Morgan fingerprint density at radius 2 is 1.50 bits per heavy atom. The van der Waals surface area contributed by atoms with E-state index in [9.17, 15) is 0 Å². The van der Waals surface area contributed by atoms with Gasteiger partial charge in [-0.05, 0) is 30.2 Å². The molecule has 0 bridgehead atoms. The highest BCUT2D eigenvalue weighted by Crippen LogP contribution is 2.33. The molecule has 0 spiro atoms. The van der Waals surface area contributed by atoms with Crippen LogP contribution in [-0.2, 0) is 6.16 Å². The van der Waals surface area contributed by atoms with E-state index < -0.39 is 0 Å². The first-order valence-electron chi connectivity index (χ1n) is 6.72. The fourth-order valence-corrected chi connectivity index (χ4v) is 4.09. The molecule has 1 fully saturated rings. The van der Waals surface area contributed by atoms with E-state index in [-0.39, 0.29) is 0 Å². The molecular weight excluding hydrogens is 211 g/mol. The molecule has 1 aliphatic rings. The minimum Gasteiger partial charge on any atom is -0.114 e. The number of hydrogen-bond acceptors (Lipinski definition) is 0. The third kappa shape index (κ3) is 4.26. The minimum absolute atomic E-state index is 1.03. The van der Waals surface area contributed by atoms with Crippen LogP contribution in [0.25, 0.3) is 0 Å². The van der Waals surface area contributed by atoms with Crippen molar-refractivity contribution in [3.05, 3.63) is 35.9 Å². The zero-order valence-corrected chi connectivity index (χ0v) is 11.1. The van der Waals surface area contributed by atoms with Gasteiger partial charge in [-0.2, -0.15) is 0 Å². The summed E-state index contributed by atoms with van der Waals surface area (Å²) in [5.74, 6) is 0. The number of rotatable bonds is 3. The van der Waals surface area contributed by atoms with Gasteiger partial charge in [0.05, 0.1) is 0 Å². The predicted molar refractivity (Wildman–Crippen MR) is 74.6 cm³/mol. The lowest BCUT2D eigenvalue weighted by molar-refractivity contribution is 0.511. The van der Waals surface area contributed by atoms with Crippen molar-refractivity contribution in [2.24, 2.45) is 0 Å². The summed E-state index contributed by atoms with van der Waals surface area (Å²) in [7, 11) is 1.15. The summed E-state index contributed by atoms with van der Waals surface area (Å²) in [6, 6.07) is 11.0. The first-order chi connectivity index (χ1) is 7.95. The van der Waals surface area contributed by atoms with E-state index in [1.807, 2.05) is 0 Å². The Bertz CT molecular complexity index is 273. The molecule has 2 rings (SSSR count). The zero-order chi connectivity index (χ0) is 11.1. The second-order valence-electron chi connectivity index (χ2n) is 4.91. The van der Waals surface area contributed by atoms with Gasteiger partial charge in [-0.3, -0.25) is 0 Å². The number of benzene rings is 1. The third-order valence-corrected chi connectivity index (χ3v) is 5.31. The minimum atomic E-state index is 1.03. The van der Waals surface area contributed by atoms with Crippen molar-refractivity contribution in [3.8, 4) is 0 Å². The maximum Gasteiger partial charge on any atom is -0.00981 e. The van der Waals surface area contributed by atoms with Crippen molar-refractivity contribution in [2.45, 2.75) is 56.8 Å². The average molecular weight is 234 g/mol. The summed E-state index contributed by atoms with van der Waals surface area (Å²) in [5.41, 5.74) is 2.56. The van der Waals surface area contributed by atoms with Gasteiger partial charge in [-0.1, -0.05) is 62.4 Å². The molecule has 1 aromatic rings. The Morgan fingerprint density at radius 3 is 2.19 bits per heavy atom. The van der Waals surface area contributed by atoms with E-state index in [1.54, 1.807) is 0 Å². The molecule has 16 heavy (non-hydrogen) atoms. The van der Waals surface area contributed by atoms with Crippen molar-refractivity contribution < 1.29 is 0 Å². The molecule has 1 unspecified atom stereocenters. The molecule has 0 amide bonds. The van der Waals surface area contributed by atoms with Crippen LogP contribution in [0.4, 0.5) is 0 Å². The Kier molecular flexibility index (Phi) is 5.35. The van der Waals surface area contributed by atoms with Crippen molar-refractivity contribution in [2.75, 3.05) is 0 Å². The molecule has 0 nitrogen and oxygen atoms in total. The van der Waals surface area contributed by atoms with Crippen LogP contribution in [0.15, 0.2) is 30.3 Å². The van der Waals surface area contributed by atoms with E-state index in [4.69, 9.17) is 0 Å². The van der Waals surface area contributed by atoms with Gasteiger partial charge in [0.1, 0.15) is 0 Å². The van der Waals surface area contributed by atoms with Crippen molar-refractivity contribution in [3.63, 3.8) is 0 Å². The van der Waals surface area contributed by atoms with Crippen LogP contribution < -0.4 is 0 Å². The predicted octanol–water partition coefficient (Wildman–Crippen LogP) is 4.98. The highest BCUT2D eigenvalue weighted by Gasteiger charge is 2.10. The molecule has 0 N–H and O–H groups in total. The summed E-state index contributed by atoms with van der Waals surface area (Å²) < 4.78 is 0. The van der Waals surface area contributed by atoms with E-state index in [1.165, 1.54) is 56.7 Å². The lowest BCUT2D eigenvalue weighted by Gasteiger charge is -2.19. The molecule has 0 saturated heterocycles. The van der Waals surface area contributed by atoms with E-state index >= 15 is 0 Å². The molecular formula is C15H23P. The molecule has 1 saturated carbocycles. The van der Waals surface area contributed by atoms with Crippen LogP contribution in [0.1, 0.15) is 50.5 Å². The second-order valence-corrected chi connectivity index (χ2v) is 6.49. The Morgan fingerprint density at radius 1 is 0.875 bits per heavy atom. The molecule has 0 aromatic heterocycles. The molecule has 1 heteroatoms. The summed E-state index contributed by atoms with van der Waals surface area (Å²) in [6.45, 7) is 0. The smallest absolute Gasteiger partial charge is 0.00981 e. The number of hydrogen-bond donors (Lipinski definition) is 0. The quantitative estimate of drug-likeness (QED) is 0.647. The standard InChI is InChI=1S/C15H23P/c1-2-7-11-15(12-8-3-1)16-13-14-9-5-4-6-10-14/h4-6,9-10,15-16H,1-3,7-8,11-13H2. The van der Waals surface area contributed by atoms with E-state index in [0.29, 0.717) is 0 Å². The fraction of sp³-hybridized carbons (Fsp3) is 0.600.